The van der Waals surface area contributed by atoms with Gasteiger partial charge in [-0.3, -0.25) is 14.3 Å². The van der Waals surface area contributed by atoms with E-state index in [1.165, 1.54) is 4.68 Å². The van der Waals surface area contributed by atoms with Crippen LogP contribution in [0.1, 0.15) is 24.9 Å². The third kappa shape index (κ3) is 5.06. The first kappa shape index (κ1) is 23.3. The lowest BCUT2D eigenvalue weighted by atomic mass is 10.1. The van der Waals surface area contributed by atoms with Gasteiger partial charge in [-0.1, -0.05) is 30.0 Å². The fourth-order valence-corrected chi connectivity index (χ4v) is 6.35. The highest BCUT2D eigenvalue weighted by molar-refractivity contribution is 8.00. The molecule has 3 heterocycles. The number of amides is 1. The van der Waals surface area contributed by atoms with E-state index in [1.807, 2.05) is 30.3 Å². The number of hydrogen-bond donors (Lipinski definition) is 1. The van der Waals surface area contributed by atoms with E-state index >= 15 is 0 Å². The largest absolute Gasteiger partial charge is 0.416 e. The smallest absolute Gasteiger partial charge is 0.295 e. The van der Waals surface area contributed by atoms with Gasteiger partial charge in [-0.2, -0.15) is 0 Å². The second kappa shape index (κ2) is 9.18. The van der Waals surface area contributed by atoms with Gasteiger partial charge < -0.3 is 9.73 Å². The lowest BCUT2D eigenvalue weighted by molar-refractivity contribution is -0.115. The Balaban J connectivity index is 1.42. The van der Waals surface area contributed by atoms with Gasteiger partial charge in [0, 0.05) is 13.5 Å². The Labute approximate surface area is 195 Å². The summed E-state index contributed by atoms with van der Waals surface area (Å²) in [5.41, 5.74) is 1.22. The third-order valence-corrected chi connectivity index (χ3v) is 8.46. The molecule has 1 aliphatic rings. The van der Waals surface area contributed by atoms with Crippen molar-refractivity contribution in [3.8, 4) is 5.69 Å². The fourth-order valence-electron chi connectivity index (χ4n) is 3.79. The number of para-hydroxylation sites is 1. The molecule has 1 aromatic carbocycles. The van der Waals surface area contributed by atoms with Crippen LogP contribution in [-0.4, -0.2) is 50.6 Å². The molecule has 0 spiro atoms. The maximum Gasteiger partial charge on any atom is 0.295 e. The number of aromatic nitrogens is 4. The molecular formula is C21H25N5O5S2. The molecule has 2 atom stereocenters. The lowest BCUT2D eigenvalue weighted by Crippen LogP contribution is -2.27. The monoisotopic (exact) mass is 491 g/mol. The maximum atomic E-state index is 13.0. The van der Waals surface area contributed by atoms with E-state index < -0.39 is 15.1 Å². The van der Waals surface area contributed by atoms with Crippen LogP contribution in [0.4, 0.5) is 5.69 Å². The van der Waals surface area contributed by atoms with Crippen molar-refractivity contribution in [1.29, 1.82) is 0 Å². The summed E-state index contributed by atoms with van der Waals surface area (Å²) >= 11 is 1.08. The number of benzene rings is 1. The van der Waals surface area contributed by atoms with Gasteiger partial charge in [-0.25, -0.2) is 13.1 Å². The van der Waals surface area contributed by atoms with E-state index in [2.05, 4.69) is 15.5 Å². The van der Waals surface area contributed by atoms with Crippen molar-refractivity contribution < 1.29 is 17.6 Å². The van der Waals surface area contributed by atoms with Crippen LogP contribution in [-0.2, 0) is 28.1 Å². The first-order chi connectivity index (χ1) is 15.6. The Kier molecular flexibility index (Phi) is 6.48. The molecule has 0 unspecified atom stereocenters. The van der Waals surface area contributed by atoms with Gasteiger partial charge >= 0.3 is 0 Å². The van der Waals surface area contributed by atoms with Crippen molar-refractivity contribution >= 4 is 33.2 Å². The first-order valence-electron chi connectivity index (χ1n) is 10.5. The van der Waals surface area contributed by atoms with Gasteiger partial charge in [-0.05, 0) is 38.3 Å². The molecule has 1 saturated heterocycles. The lowest BCUT2D eigenvalue weighted by Gasteiger charge is -2.09. The minimum Gasteiger partial charge on any atom is -0.416 e. The Bertz CT molecular complexity index is 1330. The molecule has 1 fully saturated rings. The Morgan fingerprint density at radius 3 is 2.70 bits per heavy atom. The number of thioether (sulfide) groups is 1. The summed E-state index contributed by atoms with van der Waals surface area (Å²) in [6, 6.07) is 9.18. The summed E-state index contributed by atoms with van der Waals surface area (Å²) < 4.78 is 32.0. The summed E-state index contributed by atoms with van der Waals surface area (Å²) in [7, 11) is -1.21. The zero-order chi connectivity index (χ0) is 23.8. The molecule has 12 heteroatoms. The second-order valence-corrected chi connectivity index (χ2v) is 11.6. The molecule has 1 aliphatic heterocycles. The number of anilines is 1. The molecule has 33 heavy (non-hydrogen) atoms. The highest BCUT2D eigenvalue weighted by Crippen LogP contribution is 2.26. The van der Waals surface area contributed by atoms with Crippen molar-refractivity contribution in [2.45, 2.75) is 37.2 Å². The van der Waals surface area contributed by atoms with Gasteiger partial charge in [0.25, 0.3) is 10.8 Å². The predicted molar refractivity (Wildman–Crippen MR) is 124 cm³/mol. The van der Waals surface area contributed by atoms with E-state index in [9.17, 15) is 18.0 Å². The summed E-state index contributed by atoms with van der Waals surface area (Å²) in [6.07, 6.45) is 0.985. The van der Waals surface area contributed by atoms with Gasteiger partial charge in [-0.15, -0.1) is 10.2 Å². The van der Waals surface area contributed by atoms with E-state index in [-0.39, 0.29) is 39.8 Å². The standard InChI is InChI=1S/C21H25N5O5S2/c1-13-18(20(28)26(25(13)3)16-7-5-4-6-8-16)22-19(27)14(2)32-21-24-23-17(31-21)11-15-9-10-33(29,30)12-15/h4-8,14-15H,9-12H2,1-3H3,(H,22,27)/t14-,15-/m1/s1. The average molecular weight is 492 g/mol. The summed E-state index contributed by atoms with van der Waals surface area (Å²) in [6.45, 7) is 3.45. The van der Waals surface area contributed by atoms with Crippen LogP contribution in [0, 0.1) is 12.8 Å². The Hall–Kier alpha value is -2.86. The summed E-state index contributed by atoms with van der Waals surface area (Å²) in [4.78, 5) is 25.8. The molecule has 4 rings (SSSR count). The summed E-state index contributed by atoms with van der Waals surface area (Å²) in [5, 5.41) is 10.3. The minimum absolute atomic E-state index is 0.0261. The number of rotatable bonds is 7. The number of nitrogens with one attached hydrogen (secondary N) is 1. The number of carbonyl (C=O) groups excluding carboxylic acids is 1. The van der Waals surface area contributed by atoms with Crippen LogP contribution in [0.25, 0.3) is 5.69 Å². The molecule has 0 radical (unpaired) electrons. The predicted octanol–water partition coefficient (Wildman–Crippen LogP) is 1.96. The molecule has 0 bridgehead atoms. The van der Waals surface area contributed by atoms with Crippen molar-refractivity contribution in [3.05, 3.63) is 52.3 Å². The molecular weight excluding hydrogens is 466 g/mol. The zero-order valence-electron chi connectivity index (χ0n) is 18.5. The van der Waals surface area contributed by atoms with Gasteiger partial charge in [0.05, 0.1) is 28.1 Å². The molecule has 176 valence electrons. The maximum absolute atomic E-state index is 13.0. The molecule has 2 aromatic heterocycles. The SMILES string of the molecule is Cc1c(NC(=O)[C@@H](C)Sc2nnc(C[C@H]3CCS(=O)(=O)C3)o2)c(=O)n(-c2ccccc2)n1C. The van der Waals surface area contributed by atoms with Gasteiger partial charge in [0.15, 0.2) is 9.84 Å². The summed E-state index contributed by atoms with van der Waals surface area (Å²) in [5.74, 6) is 0.287. The Morgan fingerprint density at radius 2 is 2.03 bits per heavy atom. The van der Waals surface area contributed by atoms with Crippen molar-refractivity contribution in [2.24, 2.45) is 13.0 Å². The van der Waals surface area contributed by atoms with Crippen LogP contribution in [0.3, 0.4) is 0 Å². The van der Waals surface area contributed by atoms with Crippen LogP contribution in [0.5, 0.6) is 0 Å². The highest BCUT2D eigenvalue weighted by atomic mass is 32.2. The number of carbonyl (C=O) groups is 1. The van der Waals surface area contributed by atoms with E-state index in [0.717, 1.165) is 11.8 Å². The molecule has 1 amide bonds. The van der Waals surface area contributed by atoms with E-state index in [1.54, 1.807) is 25.6 Å². The van der Waals surface area contributed by atoms with Crippen LogP contribution >= 0.6 is 11.8 Å². The third-order valence-electron chi connectivity index (χ3n) is 5.69. The first-order valence-corrected chi connectivity index (χ1v) is 13.2. The van der Waals surface area contributed by atoms with Gasteiger partial charge in [0.2, 0.25) is 11.8 Å². The topological polar surface area (TPSA) is 129 Å². The second-order valence-electron chi connectivity index (χ2n) is 8.12. The molecule has 10 nitrogen and oxygen atoms in total. The highest BCUT2D eigenvalue weighted by Gasteiger charge is 2.30. The van der Waals surface area contributed by atoms with Crippen molar-refractivity contribution in [1.82, 2.24) is 19.6 Å². The molecule has 1 N–H and O–H groups in total. The van der Waals surface area contributed by atoms with Gasteiger partial charge in [0.1, 0.15) is 5.69 Å². The number of sulfone groups is 1. The van der Waals surface area contributed by atoms with Crippen LogP contribution in [0.15, 0.2) is 44.8 Å². The molecule has 0 saturated carbocycles. The normalized spacial score (nSPS) is 18.3. The Morgan fingerprint density at radius 1 is 1.30 bits per heavy atom. The molecule has 3 aromatic rings. The average Bonchev–Trinajstić information content (AvgIpc) is 3.42. The minimum atomic E-state index is -2.97. The van der Waals surface area contributed by atoms with Crippen LogP contribution < -0.4 is 10.9 Å². The molecule has 0 aliphatic carbocycles. The van der Waals surface area contributed by atoms with Crippen molar-refractivity contribution in [3.63, 3.8) is 0 Å². The number of hydrogen-bond acceptors (Lipinski definition) is 8. The van der Waals surface area contributed by atoms with E-state index in [4.69, 9.17) is 4.42 Å². The fraction of sp³-hybridized carbons (Fsp3) is 0.429. The van der Waals surface area contributed by atoms with Crippen LogP contribution in [0.2, 0.25) is 0 Å². The van der Waals surface area contributed by atoms with E-state index in [0.29, 0.717) is 30.1 Å². The quantitative estimate of drug-likeness (QED) is 0.497. The zero-order valence-corrected chi connectivity index (χ0v) is 20.1. The number of nitrogens with zero attached hydrogens (tertiary/aromatic N) is 4. The van der Waals surface area contributed by atoms with Crippen molar-refractivity contribution in [2.75, 3.05) is 16.8 Å².